The number of nitrogens with one attached hydrogen (secondary N) is 1. The lowest BCUT2D eigenvalue weighted by Crippen LogP contribution is -2.49. The Bertz CT molecular complexity index is 2790. The fourth-order valence-corrected chi connectivity index (χ4v) is 10.3. The molecule has 2 heterocycles. The SMILES string of the molecule is CC1(C)C(=CC=C2C=C(C=Cc3sc4ccccc4[n+]3CCCS(=O)(=O)O)CC(C(=O)O)(C(=O)NCCS(=O)(=O)O)C2)N(CCCS(=O)(=O)O)c2ccc(S(=O)(=O)O)cc21. The Morgan fingerprint density at radius 3 is 2.13 bits per heavy atom. The molecule has 0 bridgehead atoms. The number of carbonyl (C=O) groups is 2. The van der Waals surface area contributed by atoms with Crippen LogP contribution in [-0.2, 0) is 62.0 Å². The molecule has 2 aliphatic rings. The molecule has 2 aromatic carbocycles. The number of aryl methyl sites for hydroxylation is 1. The number of carbonyl (C=O) groups excluding carboxylic acids is 1. The van der Waals surface area contributed by atoms with E-state index in [9.17, 15) is 66.6 Å². The van der Waals surface area contributed by atoms with Crippen LogP contribution >= 0.6 is 11.3 Å². The van der Waals surface area contributed by atoms with Crippen molar-refractivity contribution in [3.8, 4) is 0 Å². The molecule has 5 rings (SSSR count). The molecule has 0 radical (unpaired) electrons. The van der Waals surface area contributed by atoms with Gasteiger partial charge in [-0.3, -0.25) is 27.8 Å². The Morgan fingerprint density at radius 1 is 0.850 bits per heavy atom. The van der Waals surface area contributed by atoms with E-state index in [1.165, 1.54) is 29.5 Å². The van der Waals surface area contributed by atoms with Gasteiger partial charge in [0.15, 0.2) is 12.0 Å². The summed E-state index contributed by atoms with van der Waals surface area (Å²) < 4.78 is 134. The van der Waals surface area contributed by atoms with Crippen molar-refractivity contribution in [1.29, 1.82) is 0 Å². The van der Waals surface area contributed by atoms with E-state index in [2.05, 4.69) is 5.32 Å². The summed E-state index contributed by atoms with van der Waals surface area (Å²) >= 11 is 1.35. The van der Waals surface area contributed by atoms with E-state index in [4.69, 9.17) is 0 Å². The molecule has 3 aromatic rings. The number of rotatable bonds is 17. The highest BCUT2D eigenvalue weighted by atomic mass is 32.2. The summed E-state index contributed by atoms with van der Waals surface area (Å²) in [6, 6.07) is 11.2. The van der Waals surface area contributed by atoms with Crippen LogP contribution in [0.1, 0.15) is 50.1 Å². The second-order valence-electron chi connectivity index (χ2n) is 14.9. The second kappa shape index (κ2) is 17.6. The number of thiazole rings is 1. The minimum absolute atomic E-state index is 0.0227. The van der Waals surface area contributed by atoms with Crippen LogP contribution in [0.3, 0.4) is 0 Å². The van der Waals surface area contributed by atoms with Crippen LogP contribution < -0.4 is 14.8 Å². The molecule has 0 saturated heterocycles. The maximum absolute atomic E-state index is 13.8. The van der Waals surface area contributed by atoms with Crippen molar-refractivity contribution in [3.05, 3.63) is 94.2 Å². The van der Waals surface area contributed by atoms with Crippen LogP contribution in [0.2, 0.25) is 0 Å². The summed E-state index contributed by atoms with van der Waals surface area (Å²) in [6.07, 6.45) is 7.34. The van der Waals surface area contributed by atoms with Gasteiger partial charge in [0.1, 0.15) is 4.70 Å². The maximum atomic E-state index is 13.8. The van der Waals surface area contributed by atoms with Crippen molar-refractivity contribution in [2.45, 2.75) is 56.4 Å². The fourth-order valence-electron chi connectivity index (χ4n) is 7.32. The lowest BCUT2D eigenvalue weighted by molar-refractivity contribution is -0.668. The number of carboxylic acids is 1. The number of para-hydroxylation sites is 1. The van der Waals surface area contributed by atoms with Gasteiger partial charge in [-0.25, -0.2) is 0 Å². The van der Waals surface area contributed by atoms with Gasteiger partial charge in [-0.2, -0.15) is 38.2 Å². The number of nitrogens with zero attached hydrogens (tertiary/aromatic N) is 2. The average Bonchev–Trinajstić information content (AvgIpc) is 3.57. The third kappa shape index (κ3) is 11.3. The largest absolute Gasteiger partial charge is 0.480 e. The molecular formula is C37H44N3O15S5+. The fraction of sp³-hybridized carbons (Fsp3) is 0.378. The van der Waals surface area contributed by atoms with E-state index in [1.807, 2.05) is 22.8 Å². The highest BCUT2D eigenvalue weighted by Gasteiger charge is 2.49. The Labute approximate surface area is 351 Å². The number of benzene rings is 2. The lowest BCUT2D eigenvalue weighted by Gasteiger charge is -2.33. The number of hydrogen-bond donors (Lipinski definition) is 6. The minimum Gasteiger partial charge on any atom is -0.480 e. The van der Waals surface area contributed by atoms with Gasteiger partial charge in [-0.15, -0.1) is 0 Å². The van der Waals surface area contributed by atoms with Gasteiger partial charge in [0.2, 0.25) is 11.4 Å². The van der Waals surface area contributed by atoms with Crippen molar-refractivity contribution < 1.29 is 71.1 Å². The number of allylic oxidation sites excluding steroid dienone is 7. The Balaban J connectivity index is 1.63. The number of hydrogen-bond acceptors (Lipinski definition) is 12. The minimum atomic E-state index is -4.62. The van der Waals surface area contributed by atoms with Crippen molar-refractivity contribution in [2.75, 3.05) is 35.2 Å². The molecule has 0 fully saturated rings. The highest BCUT2D eigenvalue weighted by molar-refractivity contribution is 7.86. The number of amides is 1. The molecule has 60 heavy (non-hydrogen) atoms. The van der Waals surface area contributed by atoms with Crippen molar-refractivity contribution >= 4 is 85.7 Å². The third-order valence-electron chi connectivity index (χ3n) is 10.1. The van der Waals surface area contributed by atoms with Gasteiger partial charge in [0.25, 0.3) is 45.5 Å². The maximum Gasteiger partial charge on any atom is 0.319 e. The Kier molecular flexibility index (Phi) is 13.7. The third-order valence-corrected chi connectivity index (χ3v) is 14.4. The summed E-state index contributed by atoms with van der Waals surface area (Å²) in [6.45, 7) is 3.12. The van der Waals surface area contributed by atoms with Gasteiger partial charge in [-0.1, -0.05) is 55.5 Å². The predicted molar refractivity (Wildman–Crippen MR) is 223 cm³/mol. The van der Waals surface area contributed by atoms with E-state index in [0.717, 1.165) is 10.2 Å². The molecule has 6 N–H and O–H groups in total. The molecule has 1 aliphatic heterocycles. The number of anilines is 1. The predicted octanol–water partition coefficient (Wildman–Crippen LogP) is 3.41. The molecule has 1 aliphatic carbocycles. The zero-order valence-corrected chi connectivity index (χ0v) is 36.3. The van der Waals surface area contributed by atoms with Crippen LogP contribution in [0.5, 0.6) is 0 Å². The molecule has 18 nitrogen and oxygen atoms in total. The number of carboxylic acid groups (broad SMARTS) is 1. The quantitative estimate of drug-likeness (QED) is 0.0642. The summed E-state index contributed by atoms with van der Waals surface area (Å²) in [7, 11) is -17.7. The first kappa shape index (κ1) is 46.7. The normalized spacial score (nSPS) is 19.9. The van der Waals surface area contributed by atoms with Gasteiger partial charge in [0.05, 0.1) is 22.2 Å². The monoisotopic (exact) mass is 930 g/mol. The van der Waals surface area contributed by atoms with E-state index < -0.39 is 93.4 Å². The van der Waals surface area contributed by atoms with Gasteiger partial charge in [0, 0.05) is 48.5 Å². The standard InChI is InChI=1S/C37H43N3O15S5/c1-36(2)28-22-27(60(53,54)55)11-12-29(28)39(16-5-18-57(44,45)46)32(36)13-9-25-21-26(24-37(23-25,35(42)43)34(41)38-15-20-59(50,51)52)10-14-33-40(17-6-19-58(47,48)49)30-7-3-4-8-31(30)56-33/h3-4,7-14,21-22H,5-6,15-20,23-24H2,1-2H3,(H5-,38,41,42,43,44,45,46,47,48,49,50,51,52,53,54,55)/p+1. The van der Waals surface area contributed by atoms with E-state index in [-0.39, 0.29) is 37.2 Å². The molecule has 1 unspecified atom stereocenters. The first-order chi connectivity index (χ1) is 27.7. The first-order valence-electron chi connectivity index (χ1n) is 18.2. The smallest absolute Gasteiger partial charge is 0.319 e. The highest BCUT2D eigenvalue weighted by Crippen LogP contribution is 2.49. The average molecular weight is 931 g/mol. The molecule has 0 spiro atoms. The number of aromatic nitrogens is 1. The second-order valence-corrected chi connectivity index (χ2v) is 22.1. The zero-order chi connectivity index (χ0) is 44.5. The summed E-state index contributed by atoms with van der Waals surface area (Å²) in [4.78, 5) is 28.2. The number of aliphatic carboxylic acids is 1. The van der Waals surface area contributed by atoms with Crippen molar-refractivity contribution in [3.63, 3.8) is 0 Å². The van der Waals surface area contributed by atoms with Crippen LogP contribution in [0, 0.1) is 5.41 Å². The van der Waals surface area contributed by atoms with Crippen LogP contribution in [0.25, 0.3) is 16.3 Å². The van der Waals surface area contributed by atoms with E-state index in [0.29, 0.717) is 33.1 Å². The molecule has 326 valence electrons. The van der Waals surface area contributed by atoms with Gasteiger partial charge >= 0.3 is 5.97 Å². The lowest BCUT2D eigenvalue weighted by atomic mass is 9.71. The zero-order valence-electron chi connectivity index (χ0n) is 32.3. The topological polar surface area (TPSA) is 291 Å². The molecule has 1 aromatic heterocycles. The van der Waals surface area contributed by atoms with Gasteiger partial charge in [-0.05, 0) is 66.3 Å². The van der Waals surface area contributed by atoms with Crippen LogP contribution in [-0.4, -0.2) is 99.2 Å². The molecule has 1 amide bonds. The molecule has 1 atom stereocenters. The van der Waals surface area contributed by atoms with Crippen LogP contribution in [0.4, 0.5) is 5.69 Å². The molecule has 0 saturated carbocycles. The summed E-state index contributed by atoms with van der Waals surface area (Å²) in [5, 5.41) is 13.6. The van der Waals surface area contributed by atoms with E-state index in [1.54, 1.807) is 55.2 Å². The Morgan fingerprint density at radius 2 is 1.50 bits per heavy atom. The van der Waals surface area contributed by atoms with Crippen LogP contribution in [0.15, 0.2) is 88.5 Å². The number of fused-ring (bicyclic) bond motifs is 2. The van der Waals surface area contributed by atoms with E-state index >= 15 is 0 Å². The summed E-state index contributed by atoms with van der Waals surface area (Å²) in [5.41, 5.74) is -0.377. The summed E-state index contributed by atoms with van der Waals surface area (Å²) in [5.74, 6) is -4.53. The van der Waals surface area contributed by atoms with Crippen molar-refractivity contribution in [1.82, 2.24) is 5.32 Å². The Hall–Kier alpha value is -4.33. The first-order valence-corrected chi connectivity index (χ1v) is 25.3. The molecular weight excluding hydrogens is 887 g/mol. The van der Waals surface area contributed by atoms with Gasteiger partial charge < -0.3 is 15.3 Å². The van der Waals surface area contributed by atoms with Crippen molar-refractivity contribution in [2.24, 2.45) is 5.41 Å². The molecule has 23 heteroatoms.